The molecule has 1 unspecified atom stereocenters. The normalized spacial score (nSPS) is 23.0. The summed E-state index contributed by atoms with van der Waals surface area (Å²) < 4.78 is 5.93. The minimum Gasteiger partial charge on any atom is -0.418 e. The van der Waals surface area contributed by atoms with E-state index in [4.69, 9.17) is 4.43 Å². The molecule has 0 heterocycles. The van der Waals surface area contributed by atoms with Gasteiger partial charge in [0.25, 0.3) is 0 Å². The summed E-state index contributed by atoms with van der Waals surface area (Å²) in [5.74, 6) is 0. The fourth-order valence-corrected chi connectivity index (χ4v) is 4.64. The lowest BCUT2D eigenvalue weighted by atomic mass is 10.0. The van der Waals surface area contributed by atoms with Crippen LogP contribution in [0.15, 0.2) is 0 Å². The number of hydrogen-bond donors (Lipinski definition) is 0. The number of rotatable bonds is 3. The van der Waals surface area contributed by atoms with Crippen LogP contribution in [0.2, 0.25) is 12.1 Å². The zero-order valence-electron chi connectivity index (χ0n) is 8.68. The highest BCUT2D eigenvalue weighted by Crippen LogP contribution is 2.31. The van der Waals surface area contributed by atoms with Crippen molar-refractivity contribution in [3.63, 3.8) is 0 Å². The van der Waals surface area contributed by atoms with E-state index in [9.17, 15) is 0 Å². The Bertz CT molecular complexity index is 119. The van der Waals surface area contributed by atoms with E-state index in [1.54, 1.807) is 0 Å². The lowest BCUT2D eigenvalue weighted by molar-refractivity contribution is 0.233. The Hall–Kier alpha value is 0.177. The minimum absolute atomic E-state index is 0.452. The second-order valence-electron chi connectivity index (χ2n) is 4.29. The maximum atomic E-state index is 5.93. The molecule has 12 heavy (non-hydrogen) atoms. The van der Waals surface area contributed by atoms with Crippen LogP contribution in [0.4, 0.5) is 0 Å². The molecule has 0 aromatic rings. The van der Waals surface area contributed by atoms with Gasteiger partial charge >= 0.3 is 0 Å². The van der Waals surface area contributed by atoms with Crippen molar-refractivity contribution in [3.05, 3.63) is 0 Å². The third-order valence-corrected chi connectivity index (χ3v) is 5.77. The SMILES string of the molecule is CC(C)O[SiH](C)C1CCCCC1. The van der Waals surface area contributed by atoms with Crippen LogP contribution in [0, 0.1) is 0 Å². The molecule has 1 aliphatic rings. The summed E-state index contributed by atoms with van der Waals surface area (Å²) in [5, 5.41) is 0. The predicted molar refractivity (Wildman–Crippen MR) is 56.1 cm³/mol. The van der Waals surface area contributed by atoms with Crippen molar-refractivity contribution in [2.24, 2.45) is 0 Å². The Kier molecular flexibility index (Phi) is 4.30. The quantitative estimate of drug-likeness (QED) is 0.615. The molecule has 1 fully saturated rings. The van der Waals surface area contributed by atoms with E-state index in [0.29, 0.717) is 6.10 Å². The van der Waals surface area contributed by atoms with Gasteiger partial charge in [0.2, 0.25) is 0 Å². The maximum absolute atomic E-state index is 5.93. The molecule has 0 aromatic heterocycles. The van der Waals surface area contributed by atoms with Gasteiger partial charge in [-0.25, -0.2) is 0 Å². The lowest BCUT2D eigenvalue weighted by Gasteiger charge is -2.27. The van der Waals surface area contributed by atoms with Crippen molar-refractivity contribution in [2.45, 2.75) is 64.1 Å². The summed E-state index contributed by atoms with van der Waals surface area (Å²) in [5.41, 5.74) is 0.973. The van der Waals surface area contributed by atoms with E-state index in [1.165, 1.54) is 32.1 Å². The van der Waals surface area contributed by atoms with Crippen molar-refractivity contribution < 1.29 is 4.43 Å². The zero-order chi connectivity index (χ0) is 8.97. The van der Waals surface area contributed by atoms with Gasteiger partial charge in [0.05, 0.1) is 0 Å². The monoisotopic (exact) mass is 186 g/mol. The van der Waals surface area contributed by atoms with Gasteiger partial charge in [0.1, 0.15) is 0 Å². The van der Waals surface area contributed by atoms with E-state index >= 15 is 0 Å². The van der Waals surface area contributed by atoms with Gasteiger partial charge < -0.3 is 4.43 Å². The van der Waals surface area contributed by atoms with Crippen LogP contribution in [0.5, 0.6) is 0 Å². The highest BCUT2D eigenvalue weighted by molar-refractivity contribution is 6.52. The first-order chi connectivity index (χ1) is 5.70. The molecule has 1 saturated carbocycles. The van der Waals surface area contributed by atoms with Crippen LogP contribution in [0.3, 0.4) is 0 Å². The zero-order valence-corrected chi connectivity index (χ0v) is 9.83. The van der Waals surface area contributed by atoms with Crippen molar-refractivity contribution >= 4 is 9.04 Å². The summed E-state index contributed by atoms with van der Waals surface area (Å²) in [7, 11) is -0.841. The molecule has 1 nitrogen and oxygen atoms in total. The van der Waals surface area contributed by atoms with Crippen LogP contribution in [0.1, 0.15) is 46.0 Å². The van der Waals surface area contributed by atoms with Crippen LogP contribution < -0.4 is 0 Å². The third kappa shape index (κ3) is 3.28. The van der Waals surface area contributed by atoms with Gasteiger partial charge in [-0.3, -0.25) is 0 Å². The second kappa shape index (κ2) is 5.03. The van der Waals surface area contributed by atoms with Crippen molar-refractivity contribution in [1.82, 2.24) is 0 Å². The molecule has 72 valence electrons. The van der Waals surface area contributed by atoms with Crippen molar-refractivity contribution in [1.29, 1.82) is 0 Å². The number of hydrogen-bond acceptors (Lipinski definition) is 1. The molecule has 0 radical (unpaired) electrons. The van der Waals surface area contributed by atoms with E-state index in [0.717, 1.165) is 5.54 Å². The Balaban J connectivity index is 2.24. The fourth-order valence-electron chi connectivity index (χ4n) is 2.14. The van der Waals surface area contributed by atoms with Crippen molar-refractivity contribution in [3.8, 4) is 0 Å². The van der Waals surface area contributed by atoms with Gasteiger partial charge in [-0.2, -0.15) is 0 Å². The Morgan fingerprint density at radius 1 is 1.17 bits per heavy atom. The second-order valence-corrected chi connectivity index (χ2v) is 6.91. The van der Waals surface area contributed by atoms with E-state index in [-0.39, 0.29) is 0 Å². The molecule has 1 aliphatic carbocycles. The molecule has 0 saturated heterocycles. The predicted octanol–water partition coefficient (Wildman–Crippen LogP) is 3.10. The van der Waals surface area contributed by atoms with Gasteiger partial charge in [-0.05, 0) is 25.9 Å². The molecule has 2 heteroatoms. The fraction of sp³-hybridized carbons (Fsp3) is 1.00. The smallest absolute Gasteiger partial charge is 0.177 e. The summed E-state index contributed by atoms with van der Waals surface area (Å²) in [6.45, 7) is 6.69. The molecule has 0 aliphatic heterocycles. The van der Waals surface area contributed by atoms with Crippen LogP contribution in [-0.4, -0.2) is 15.1 Å². The highest BCUT2D eigenvalue weighted by Gasteiger charge is 2.22. The lowest BCUT2D eigenvalue weighted by Crippen LogP contribution is -2.26. The molecular formula is C10H22OSi. The molecule has 0 aromatic carbocycles. The first-order valence-corrected chi connectivity index (χ1v) is 7.65. The minimum atomic E-state index is -0.841. The molecule has 1 atom stereocenters. The average molecular weight is 186 g/mol. The van der Waals surface area contributed by atoms with E-state index < -0.39 is 9.04 Å². The summed E-state index contributed by atoms with van der Waals surface area (Å²) in [6, 6.07) is 0. The van der Waals surface area contributed by atoms with Crippen LogP contribution >= 0.6 is 0 Å². The standard InChI is InChI=1S/C10H22OSi/c1-9(2)11-12(3)10-7-5-4-6-8-10/h9-10,12H,4-8H2,1-3H3. The van der Waals surface area contributed by atoms with Gasteiger partial charge in [-0.15, -0.1) is 0 Å². The van der Waals surface area contributed by atoms with E-state index in [2.05, 4.69) is 20.4 Å². The van der Waals surface area contributed by atoms with Gasteiger partial charge in [-0.1, -0.05) is 32.1 Å². The Morgan fingerprint density at radius 3 is 2.25 bits per heavy atom. The van der Waals surface area contributed by atoms with E-state index in [1.807, 2.05) is 0 Å². The molecule has 0 N–H and O–H groups in total. The first kappa shape index (κ1) is 10.3. The first-order valence-electron chi connectivity index (χ1n) is 5.35. The van der Waals surface area contributed by atoms with Gasteiger partial charge in [0, 0.05) is 6.10 Å². The molecule has 0 amide bonds. The average Bonchev–Trinajstić information content (AvgIpc) is 2.05. The van der Waals surface area contributed by atoms with Crippen LogP contribution in [-0.2, 0) is 4.43 Å². The molecule has 1 rings (SSSR count). The molecular weight excluding hydrogens is 164 g/mol. The topological polar surface area (TPSA) is 9.23 Å². The van der Waals surface area contributed by atoms with Crippen molar-refractivity contribution in [2.75, 3.05) is 0 Å². The Morgan fingerprint density at radius 2 is 1.75 bits per heavy atom. The summed E-state index contributed by atoms with van der Waals surface area (Å²) in [6.07, 6.45) is 7.69. The molecule has 0 spiro atoms. The largest absolute Gasteiger partial charge is 0.418 e. The summed E-state index contributed by atoms with van der Waals surface area (Å²) in [4.78, 5) is 0. The Labute approximate surface area is 78.2 Å². The summed E-state index contributed by atoms with van der Waals surface area (Å²) >= 11 is 0. The molecule has 0 bridgehead atoms. The maximum Gasteiger partial charge on any atom is 0.177 e. The highest BCUT2D eigenvalue weighted by atomic mass is 28.3. The van der Waals surface area contributed by atoms with Crippen LogP contribution in [0.25, 0.3) is 0 Å². The third-order valence-electron chi connectivity index (χ3n) is 2.80. The van der Waals surface area contributed by atoms with Gasteiger partial charge in [0.15, 0.2) is 9.04 Å².